The zero-order valence-corrected chi connectivity index (χ0v) is 14.4. The minimum absolute atomic E-state index is 0.217. The van der Waals surface area contributed by atoms with Crippen LogP contribution in [-0.2, 0) is 0 Å². The van der Waals surface area contributed by atoms with Crippen LogP contribution in [0.5, 0.6) is 0 Å². The van der Waals surface area contributed by atoms with Gasteiger partial charge in [0.1, 0.15) is 0 Å². The Morgan fingerprint density at radius 1 is 1.00 bits per heavy atom. The lowest BCUT2D eigenvalue weighted by Gasteiger charge is -2.12. The first-order valence-electron chi connectivity index (χ1n) is 7.75. The Morgan fingerprint density at radius 2 is 1.63 bits per heavy atom. The standard InChI is InChI=1S/C17H28IN/c1-2-3-4-5-6-7-8-9-13-17(19)15-11-10-12-16(18)14-15/h10-12,14,17H,2-9,13,19H2,1H3. The highest BCUT2D eigenvalue weighted by Crippen LogP contribution is 2.20. The zero-order chi connectivity index (χ0) is 13.9. The first-order valence-corrected chi connectivity index (χ1v) is 8.83. The molecule has 0 aliphatic carbocycles. The highest BCUT2D eigenvalue weighted by molar-refractivity contribution is 14.1. The van der Waals surface area contributed by atoms with Gasteiger partial charge in [0.05, 0.1) is 0 Å². The summed E-state index contributed by atoms with van der Waals surface area (Å²) >= 11 is 2.35. The summed E-state index contributed by atoms with van der Waals surface area (Å²) in [5.74, 6) is 0. The van der Waals surface area contributed by atoms with Crippen molar-refractivity contribution in [1.29, 1.82) is 0 Å². The third-order valence-corrected chi connectivity index (χ3v) is 4.32. The van der Waals surface area contributed by atoms with E-state index >= 15 is 0 Å². The van der Waals surface area contributed by atoms with E-state index in [1.807, 2.05) is 0 Å². The Morgan fingerprint density at radius 3 is 2.26 bits per heavy atom. The van der Waals surface area contributed by atoms with E-state index < -0.39 is 0 Å². The number of hydrogen-bond acceptors (Lipinski definition) is 1. The predicted octanol–water partition coefficient (Wildman–Crippen LogP) is 5.82. The van der Waals surface area contributed by atoms with E-state index in [0.29, 0.717) is 0 Å². The molecule has 0 heterocycles. The molecule has 19 heavy (non-hydrogen) atoms. The summed E-state index contributed by atoms with van der Waals surface area (Å²) in [6, 6.07) is 8.79. The Balaban J connectivity index is 2.06. The van der Waals surface area contributed by atoms with Crippen molar-refractivity contribution in [3.8, 4) is 0 Å². The van der Waals surface area contributed by atoms with Crippen LogP contribution >= 0.6 is 22.6 Å². The summed E-state index contributed by atoms with van der Waals surface area (Å²) in [6.07, 6.45) is 12.1. The Hall–Kier alpha value is -0.0900. The van der Waals surface area contributed by atoms with E-state index in [2.05, 4.69) is 53.8 Å². The molecule has 1 aromatic rings. The maximum absolute atomic E-state index is 6.24. The molecule has 0 bridgehead atoms. The van der Waals surface area contributed by atoms with Crippen LogP contribution in [0.1, 0.15) is 76.3 Å². The van der Waals surface area contributed by atoms with Crippen LogP contribution in [0.2, 0.25) is 0 Å². The summed E-state index contributed by atoms with van der Waals surface area (Å²) in [5.41, 5.74) is 7.53. The van der Waals surface area contributed by atoms with Crippen molar-refractivity contribution >= 4 is 22.6 Å². The lowest BCUT2D eigenvalue weighted by molar-refractivity contribution is 0.536. The van der Waals surface area contributed by atoms with Crippen LogP contribution in [0.25, 0.3) is 0 Å². The molecule has 2 heteroatoms. The monoisotopic (exact) mass is 373 g/mol. The minimum Gasteiger partial charge on any atom is -0.324 e. The number of rotatable bonds is 10. The second kappa shape index (κ2) is 10.7. The lowest BCUT2D eigenvalue weighted by atomic mass is 10.0. The highest BCUT2D eigenvalue weighted by Gasteiger charge is 2.05. The fraction of sp³-hybridized carbons (Fsp3) is 0.647. The van der Waals surface area contributed by atoms with Gasteiger partial charge in [-0.1, -0.05) is 70.4 Å². The highest BCUT2D eigenvalue weighted by atomic mass is 127. The fourth-order valence-electron chi connectivity index (χ4n) is 2.40. The lowest BCUT2D eigenvalue weighted by Crippen LogP contribution is -2.10. The van der Waals surface area contributed by atoms with Crippen LogP contribution in [0.4, 0.5) is 0 Å². The van der Waals surface area contributed by atoms with E-state index in [1.165, 1.54) is 60.5 Å². The average Bonchev–Trinajstić information content (AvgIpc) is 2.41. The minimum atomic E-state index is 0.217. The van der Waals surface area contributed by atoms with Gasteiger partial charge in [0, 0.05) is 9.61 Å². The van der Waals surface area contributed by atoms with Gasteiger partial charge >= 0.3 is 0 Å². The van der Waals surface area contributed by atoms with Gasteiger partial charge in [-0.2, -0.15) is 0 Å². The first-order chi connectivity index (χ1) is 9.24. The SMILES string of the molecule is CCCCCCCCCCC(N)c1cccc(I)c1. The second-order valence-electron chi connectivity index (χ2n) is 5.43. The second-order valence-corrected chi connectivity index (χ2v) is 6.67. The fourth-order valence-corrected chi connectivity index (χ4v) is 2.97. The maximum atomic E-state index is 6.24. The zero-order valence-electron chi connectivity index (χ0n) is 12.2. The number of unbranched alkanes of at least 4 members (excludes halogenated alkanes) is 7. The summed E-state index contributed by atoms with van der Waals surface area (Å²) in [7, 11) is 0. The van der Waals surface area contributed by atoms with Crippen molar-refractivity contribution in [3.63, 3.8) is 0 Å². The van der Waals surface area contributed by atoms with E-state index in [0.717, 1.165) is 6.42 Å². The smallest absolute Gasteiger partial charge is 0.0295 e. The molecule has 108 valence electrons. The third kappa shape index (κ3) is 7.93. The Kier molecular flexibility index (Phi) is 9.52. The van der Waals surface area contributed by atoms with Crippen molar-refractivity contribution in [2.45, 2.75) is 70.8 Å². The van der Waals surface area contributed by atoms with Crippen molar-refractivity contribution < 1.29 is 0 Å². The van der Waals surface area contributed by atoms with Crippen LogP contribution in [-0.4, -0.2) is 0 Å². The predicted molar refractivity (Wildman–Crippen MR) is 93.3 cm³/mol. The Labute approximate surface area is 132 Å². The summed E-state index contributed by atoms with van der Waals surface area (Å²) in [4.78, 5) is 0. The number of benzene rings is 1. The maximum Gasteiger partial charge on any atom is 0.0295 e. The summed E-state index contributed by atoms with van der Waals surface area (Å²) in [6.45, 7) is 2.27. The topological polar surface area (TPSA) is 26.0 Å². The van der Waals surface area contributed by atoms with Gasteiger partial charge in [-0.15, -0.1) is 0 Å². The van der Waals surface area contributed by atoms with E-state index in [-0.39, 0.29) is 6.04 Å². The molecule has 0 radical (unpaired) electrons. The van der Waals surface area contributed by atoms with Crippen molar-refractivity contribution in [1.82, 2.24) is 0 Å². The molecule has 0 aliphatic rings. The molecule has 1 unspecified atom stereocenters. The molecule has 0 fully saturated rings. The van der Waals surface area contributed by atoms with Gasteiger partial charge in [0.15, 0.2) is 0 Å². The number of nitrogens with two attached hydrogens (primary N) is 1. The van der Waals surface area contributed by atoms with Crippen LogP contribution in [0.15, 0.2) is 24.3 Å². The normalized spacial score (nSPS) is 12.6. The van der Waals surface area contributed by atoms with Crippen LogP contribution in [0, 0.1) is 3.57 Å². The molecule has 1 rings (SSSR count). The van der Waals surface area contributed by atoms with Gasteiger partial charge in [0.2, 0.25) is 0 Å². The van der Waals surface area contributed by atoms with E-state index in [1.54, 1.807) is 0 Å². The molecule has 0 spiro atoms. The van der Waals surface area contributed by atoms with Crippen molar-refractivity contribution in [2.75, 3.05) is 0 Å². The quantitative estimate of drug-likeness (QED) is 0.406. The van der Waals surface area contributed by atoms with Gasteiger partial charge in [-0.05, 0) is 46.7 Å². The molecule has 2 N–H and O–H groups in total. The van der Waals surface area contributed by atoms with Gasteiger partial charge in [-0.25, -0.2) is 0 Å². The molecule has 1 aromatic carbocycles. The van der Waals surface area contributed by atoms with Crippen LogP contribution < -0.4 is 5.73 Å². The molecular weight excluding hydrogens is 345 g/mol. The third-order valence-electron chi connectivity index (χ3n) is 3.65. The largest absolute Gasteiger partial charge is 0.324 e. The summed E-state index contributed by atoms with van der Waals surface area (Å²) < 4.78 is 1.28. The molecular formula is C17H28IN. The molecule has 1 nitrogen and oxygen atoms in total. The molecule has 0 saturated heterocycles. The van der Waals surface area contributed by atoms with Gasteiger partial charge in [0.25, 0.3) is 0 Å². The van der Waals surface area contributed by atoms with Gasteiger partial charge in [-0.3, -0.25) is 0 Å². The molecule has 0 amide bonds. The molecule has 0 saturated carbocycles. The first kappa shape index (κ1) is 17.0. The molecule has 0 aliphatic heterocycles. The van der Waals surface area contributed by atoms with Crippen molar-refractivity contribution in [3.05, 3.63) is 33.4 Å². The van der Waals surface area contributed by atoms with Crippen LogP contribution in [0.3, 0.4) is 0 Å². The van der Waals surface area contributed by atoms with Gasteiger partial charge < -0.3 is 5.73 Å². The van der Waals surface area contributed by atoms with Crippen molar-refractivity contribution in [2.24, 2.45) is 5.73 Å². The number of halogens is 1. The summed E-state index contributed by atoms with van der Waals surface area (Å²) in [5, 5.41) is 0. The molecule has 0 aromatic heterocycles. The number of hydrogen-bond donors (Lipinski definition) is 1. The molecule has 1 atom stereocenters. The van der Waals surface area contributed by atoms with E-state index in [9.17, 15) is 0 Å². The Bertz CT molecular complexity index is 338. The van der Waals surface area contributed by atoms with E-state index in [4.69, 9.17) is 5.73 Å². The average molecular weight is 373 g/mol.